The number of aryl methyl sites for hydroxylation is 3. The Hall–Kier alpha value is -3.36. The number of nitrogen functional groups attached to an aromatic ring is 1. The van der Waals surface area contributed by atoms with Crippen LogP contribution in [-0.2, 0) is 16.1 Å². The second-order valence-corrected chi connectivity index (χ2v) is 8.60. The van der Waals surface area contributed by atoms with Crippen LogP contribution in [0.4, 0.5) is 11.5 Å². The molecular weight excluding hydrogens is 436 g/mol. The zero-order valence-corrected chi connectivity index (χ0v) is 20.8. The SMILES string of the molecule is CCCCCN(C(=O)COC(=O)c1c(C)cc(C)cc1C)c1c(N)n(CCCC)c(=O)[nH]c1=O. The second-order valence-electron chi connectivity index (χ2n) is 8.60. The molecule has 3 N–H and O–H groups in total. The number of aromatic nitrogens is 2. The van der Waals surface area contributed by atoms with E-state index in [-0.39, 0.29) is 18.1 Å². The lowest BCUT2D eigenvalue weighted by Crippen LogP contribution is -2.43. The zero-order valence-electron chi connectivity index (χ0n) is 20.8. The Bertz CT molecular complexity index is 1130. The molecule has 1 heterocycles. The van der Waals surface area contributed by atoms with Gasteiger partial charge in [-0.3, -0.25) is 19.1 Å². The average Bonchev–Trinajstić information content (AvgIpc) is 2.75. The summed E-state index contributed by atoms with van der Waals surface area (Å²) in [6.07, 6.45) is 3.88. The van der Waals surface area contributed by atoms with E-state index in [1.807, 2.05) is 46.8 Å². The molecular formula is C25H36N4O5. The fourth-order valence-corrected chi connectivity index (χ4v) is 4.04. The standard InChI is InChI=1S/C25H36N4O5/c1-6-8-10-12-28(21-22(26)29(11-9-7-2)25(33)27-23(21)31)19(30)15-34-24(32)20-17(4)13-16(3)14-18(20)5/h13-14H,6-12,15,26H2,1-5H3,(H,27,31,33). The number of esters is 1. The van der Waals surface area contributed by atoms with Crippen molar-refractivity contribution in [2.45, 2.75) is 73.3 Å². The van der Waals surface area contributed by atoms with E-state index in [2.05, 4.69) is 4.98 Å². The number of carbonyl (C=O) groups is 2. The van der Waals surface area contributed by atoms with Gasteiger partial charge in [-0.1, -0.05) is 50.8 Å². The molecule has 0 bridgehead atoms. The summed E-state index contributed by atoms with van der Waals surface area (Å²) in [5, 5.41) is 0. The first kappa shape index (κ1) is 26.9. The van der Waals surface area contributed by atoms with Crippen molar-refractivity contribution < 1.29 is 14.3 Å². The molecule has 0 saturated carbocycles. The monoisotopic (exact) mass is 472 g/mol. The van der Waals surface area contributed by atoms with E-state index in [9.17, 15) is 19.2 Å². The third kappa shape index (κ3) is 6.36. The van der Waals surface area contributed by atoms with Crippen LogP contribution in [0.3, 0.4) is 0 Å². The van der Waals surface area contributed by atoms with Crippen LogP contribution in [0.5, 0.6) is 0 Å². The van der Waals surface area contributed by atoms with Gasteiger partial charge in [0.25, 0.3) is 11.5 Å². The van der Waals surface area contributed by atoms with Crippen LogP contribution < -0.4 is 21.9 Å². The molecule has 1 aromatic carbocycles. The summed E-state index contributed by atoms with van der Waals surface area (Å²) >= 11 is 0. The number of nitrogens with one attached hydrogen (secondary N) is 1. The molecule has 0 aliphatic rings. The van der Waals surface area contributed by atoms with E-state index < -0.39 is 29.7 Å². The van der Waals surface area contributed by atoms with Gasteiger partial charge in [0.15, 0.2) is 12.3 Å². The van der Waals surface area contributed by atoms with Gasteiger partial charge in [-0.05, 0) is 44.7 Å². The Balaban J connectivity index is 2.35. The van der Waals surface area contributed by atoms with E-state index in [0.29, 0.717) is 24.9 Å². The molecule has 2 rings (SSSR count). The third-order valence-corrected chi connectivity index (χ3v) is 5.71. The quantitative estimate of drug-likeness (QED) is 0.382. The maximum atomic E-state index is 13.2. The summed E-state index contributed by atoms with van der Waals surface area (Å²) in [6.45, 7) is 9.55. The predicted molar refractivity (Wildman–Crippen MR) is 133 cm³/mol. The van der Waals surface area contributed by atoms with Crippen molar-refractivity contribution in [3.8, 4) is 0 Å². The molecule has 0 fully saturated rings. The molecule has 0 unspecified atom stereocenters. The molecule has 9 nitrogen and oxygen atoms in total. The van der Waals surface area contributed by atoms with Gasteiger partial charge in [-0.15, -0.1) is 0 Å². The van der Waals surface area contributed by atoms with Gasteiger partial charge in [0.1, 0.15) is 5.82 Å². The fourth-order valence-electron chi connectivity index (χ4n) is 4.04. The summed E-state index contributed by atoms with van der Waals surface area (Å²) in [4.78, 5) is 54.4. The first-order valence-electron chi connectivity index (χ1n) is 11.8. The molecule has 9 heteroatoms. The van der Waals surface area contributed by atoms with Crippen molar-refractivity contribution in [1.82, 2.24) is 9.55 Å². The number of amides is 1. The van der Waals surface area contributed by atoms with Gasteiger partial charge < -0.3 is 15.4 Å². The molecule has 34 heavy (non-hydrogen) atoms. The van der Waals surface area contributed by atoms with Crippen molar-refractivity contribution in [2.75, 3.05) is 23.8 Å². The van der Waals surface area contributed by atoms with Gasteiger partial charge >= 0.3 is 11.7 Å². The number of unbranched alkanes of at least 4 members (excludes halogenated alkanes) is 3. The van der Waals surface area contributed by atoms with E-state index >= 15 is 0 Å². The summed E-state index contributed by atoms with van der Waals surface area (Å²) < 4.78 is 6.62. The first-order chi connectivity index (χ1) is 16.1. The molecule has 0 radical (unpaired) electrons. The highest BCUT2D eigenvalue weighted by Gasteiger charge is 2.25. The molecule has 0 aliphatic heterocycles. The largest absolute Gasteiger partial charge is 0.452 e. The van der Waals surface area contributed by atoms with Crippen LogP contribution in [-0.4, -0.2) is 34.6 Å². The Labute approximate surface area is 199 Å². The van der Waals surface area contributed by atoms with E-state index in [1.165, 1.54) is 9.47 Å². The highest BCUT2D eigenvalue weighted by molar-refractivity contribution is 5.99. The number of hydrogen-bond acceptors (Lipinski definition) is 6. The molecule has 2 aromatic rings. The van der Waals surface area contributed by atoms with Gasteiger partial charge in [0, 0.05) is 13.1 Å². The van der Waals surface area contributed by atoms with E-state index in [4.69, 9.17) is 10.5 Å². The molecule has 0 saturated heterocycles. The number of nitrogens with zero attached hydrogens (tertiary/aromatic N) is 2. The minimum absolute atomic E-state index is 0.0661. The van der Waals surface area contributed by atoms with Crippen molar-refractivity contribution >= 4 is 23.4 Å². The maximum Gasteiger partial charge on any atom is 0.339 e. The smallest absolute Gasteiger partial charge is 0.339 e. The number of benzene rings is 1. The lowest BCUT2D eigenvalue weighted by atomic mass is 10.00. The van der Waals surface area contributed by atoms with Gasteiger partial charge in [0.2, 0.25) is 0 Å². The molecule has 0 atom stereocenters. The molecule has 0 spiro atoms. The fraction of sp³-hybridized carbons (Fsp3) is 0.520. The van der Waals surface area contributed by atoms with E-state index in [1.54, 1.807) is 0 Å². The molecule has 0 aliphatic carbocycles. The zero-order chi connectivity index (χ0) is 25.4. The molecule has 1 amide bonds. The Kier molecular flexibility index (Phi) is 9.65. The number of aromatic amines is 1. The van der Waals surface area contributed by atoms with Gasteiger partial charge in [-0.2, -0.15) is 0 Å². The minimum atomic E-state index is -0.739. The van der Waals surface area contributed by atoms with Crippen molar-refractivity contribution in [3.05, 3.63) is 55.2 Å². The highest BCUT2D eigenvalue weighted by Crippen LogP contribution is 2.20. The predicted octanol–water partition coefficient (Wildman–Crippen LogP) is 3.22. The molecule has 1 aromatic heterocycles. The van der Waals surface area contributed by atoms with E-state index in [0.717, 1.165) is 36.0 Å². The normalized spacial score (nSPS) is 10.9. The van der Waals surface area contributed by atoms with Crippen LogP contribution >= 0.6 is 0 Å². The Morgan fingerprint density at radius 2 is 1.65 bits per heavy atom. The van der Waals surface area contributed by atoms with Crippen molar-refractivity contribution in [3.63, 3.8) is 0 Å². The molecule has 186 valence electrons. The number of carbonyl (C=O) groups excluding carboxylic acids is 2. The summed E-state index contributed by atoms with van der Waals surface area (Å²) in [7, 11) is 0. The summed E-state index contributed by atoms with van der Waals surface area (Å²) in [5.74, 6) is -1.25. The number of ether oxygens (including phenoxy) is 1. The topological polar surface area (TPSA) is 127 Å². The van der Waals surface area contributed by atoms with Crippen LogP contribution in [0.25, 0.3) is 0 Å². The first-order valence-corrected chi connectivity index (χ1v) is 11.8. The second kappa shape index (κ2) is 12.2. The van der Waals surface area contributed by atoms with Crippen LogP contribution in [0.1, 0.15) is 73.0 Å². The highest BCUT2D eigenvalue weighted by atomic mass is 16.5. The Morgan fingerprint density at radius 3 is 2.24 bits per heavy atom. The Morgan fingerprint density at radius 1 is 1.03 bits per heavy atom. The minimum Gasteiger partial charge on any atom is -0.452 e. The van der Waals surface area contributed by atoms with Crippen molar-refractivity contribution in [1.29, 1.82) is 0 Å². The van der Waals surface area contributed by atoms with Crippen molar-refractivity contribution in [2.24, 2.45) is 0 Å². The lowest BCUT2D eigenvalue weighted by Gasteiger charge is -2.24. The summed E-state index contributed by atoms with van der Waals surface area (Å²) in [5.41, 5.74) is 7.74. The summed E-state index contributed by atoms with van der Waals surface area (Å²) in [6, 6.07) is 3.75. The van der Waals surface area contributed by atoms with Crippen LogP contribution in [0, 0.1) is 20.8 Å². The number of nitrogens with two attached hydrogens (primary N) is 1. The number of anilines is 2. The average molecular weight is 473 g/mol. The third-order valence-electron chi connectivity index (χ3n) is 5.71. The number of hydrogen-bond donors (Lipinski definition) is 2. The van der Waals surface area contributed by atoms with Crippen LogP contribution in [0.2, 0.25) is 0 Å². The van der Waals surface area contributed by atoms with Gasteiger partial charge in [0.05, 0.1) is 5.56 Å². The van der Waals surface area contributed by atoms with Gasteiger partial charge in [-0.25, -0.2) is 9.59 Å². The maximum absolute atomic E-state index is 13.2. The number of H-pyrrole nitrogens is 1. The lowest BCUT2D eigenvalue weighted by molar-refractivity contribution is -0.121. The number of rotatable bonds is 11. The van der Waals surface area contributed by atoms with Crippen LogP contribution in [0.15, 0.2) is 21.7 Å².